The largest absolute Gasteiger partial charge is 0.367 e. The Hall–Kier alpha value is -1.77. The van der Waals surface area contributed by atoms with Crippen LogP contribution < -0.4 is 5.73 Å². The van der Waals surface area contributed by atoms with Gasteiger partial charge in [-0.2, -0.15) is 0 Å². The van der Waals surface area contributed by atoms with Gasteiger partial charge in [-0.05, 0) is 18.4 Å². The molecule has 3 rings (SSSR count). The first-order valence-electron chi connectivity index (χ1n) is 6.66. The quantitative estimate of drug-likeness (QED) is 0.866. The van der Waals surface area contributed by atoms with Crippen molar-refractivity contribution in [3.05, 3.63) is 36.0 Å². The average Bonchev–Trinajstić information content (AvgIpc) is 2.83. The fraction of sp³-hybridized carbons (Fsp3) is 0.400. The van der Waals surface area contributed by atoms with Crippen LogP contribution in [0.1, 0.15) is 43.7 Å². The zero-order chi connectivity index (χ0) is 12.4. The van der Waals surface area contributed by atoms with Gasteiger partial charge in [-0.25, -0.2) is 0 Å². The predicted octanol–water partition coefficient (Wildman–Crippen LogP) is 3.97. The second-order valence-corrected chi connectivity index (χ2v) is 5.01. The van der Waals surface area contributed by atoms with Gasteiger partial charge in [0, 0.05) is 5.92 Å². The van der Waals surface area contributed by atoms with Crippen LogP contribution in [0.2, 0.25) is 0 Å². The second-order valence-electron chi connectivity index (χ2n) is 5.01. The van der Waals surface area contributed by atoms with Crippen LogP contribution in [-0.2, 0) is 0 Å². The molecule has 0 unspecified atom stereocenters. The van der Waals surface area contributed by atoms with Gasteiger partial charge in [0.25, 0.3) is 0 Å². The molecule has 18 heavy (non-hydrogen) atoms. The summed E-state index contributed by atoms with van der Waals surface area (Å²) in [4.78, 5) is 0. The summed E-state index contributed by atoms with van der Waals surface area (Å²) in [5.41, 5.74) is 9.12. The van der Waals surface area contributed by atoms with Gasteiger partial charge in [0.05, 0.1) is 11.3 Å². The molecular weight excluding hydrogens is 224 g/mol. The standard InChI is InChI=1S/C15H18N2O/c16-15-13(11-7-3-1-4-8-11)14(17-18-15)12-9-5-2-6-10-12/h1,3-4,7-8,12H,2,5-6,9-10,16H2. The van der Waals surface area contributed by atoms with Crippen LogP contribution >= 0.6 is 0 Å². The molecule has 0 amide bonds. The van der Waals surface area contributed by atoms with E-state index in [4.69, 9.17) is 10.3 Å². The first-order valence-corrected chi connectivity index (χ1v) is 6.66. The van der Waals surface area contributed by atoms with Gasteiger partial charge in [0.15, 0.2) is 0 Å². The molecule has 1 saturated carbocycles. The fourth-order valence-corrected chi connectivity index (χ4v) is 2.87. The van der Waals surface area contributed by atoms with Crippen LogP contribution in [0.15, 0.2) is 34.9 Å². The van der Waals surface area contributed by atoms with Crippen molar-refractivity contribution in [3.8, 4) is 11.1 Å². The number of aromatic nitrogens is 1. The SMILES string of the molecule is Nc1onc(C2CCCCC2)c1-c1ccccc1. The Bertz CT molecular complexity index is 513. The van der Waals surface area contributed by atoms with Crippen LogP contribution in [0.3, 0.4) is 0 Å². The Balaban J connectivity index is 2.01. The number of hydrogen-bond donors (Lipinski definition) is 1. The summed E-state index contributed by atoms with van der Waals surface area (Å²) < 4.78 is 5.23. The van der Waals surface area contributed by atoms with E-state index in [1.807, 2.05) is 18.2 Å². The maximum absolute atomic E-state index is 5.95. The summed E-state index contributed by atoms with van der Waals surface area (Å²) in [5, 5.41) is 4.22. The summed E-state index contributed by atoms with van der Waals surface area (Å²) >= 11 is 0. The van der Waals surface area contributed by atoms with E-state index in [1.165, 1.54) is 32.1 Å². The summed E-state index contributed by atoms with van der Waals surface area (Å²) in [7, 11) is 0. The number of nitrogen functional groups attached to an aromatic ring is 1. The molecule has 0 saturated heterocycles. The van der Waals surface area contributed by atoms with Crippen molar-refractivity contribution in [2.24, 2.45) is 0 Å². The lowest BCUT2D eigenvalue weighted by Crippen LogP contribution is -2.06. The Morgan fingerprint density at radius 1 is 1.06 bits per heavy atom. The molecule has 1 aromatic heterocycles. The highest BCUT2D eigenvalue weighted by molar-refractivity contribution is 5.75. The molecule has 2 aromatic rings. The maximum atomic E-state index is 5.95. The van der Waals surface area contributed by atoms with Gasteiger partial charge in [-0.1, -0.05) is 54.8 Å². The highest BCUT2D eigenvalue weighted by Gasteiger charge is 2.24. The van der Waals surface area contributed by atoms with E-state index in [0.717, 1.165) is 16.8 Å². The molecule has 3 heteroatoms. The van der Waals surface area contributed by atoms with Gasteiger partial charge in [0.1, 0.15) is 0 Å². The lowest BCUT2D eigenvalue weighted by molar-refractivity contribution is 0.388. The Morgan fingerprint density at radius 2 is 1.78 bits per heavy atom. The third-order valence-corrected chi connectivity index (χ3v) is 3.80. The zero-order valence-electron chi connectivity index (χ0n) is 10.4. The Kier molecular flexibility index (Phi) is 3.05. The van der Waals surface area contributed by atoms with E-state index in [9.17, 15) is 0 Å². The van der Waals surface area contributed by atoms with E-state index in [1.54, 1.807) is 0 Å². The number of rotatable bonds is 2. The third kappa shape index (κ3) is 2.01. The molecule has 0 spiro atoms. The van der Waals surface area contributed by atoms with E-state index < -0.39 is 0 Å². The van der Waals surface area contributed by atoms with Crippen molar-refractivity contribution in [2.45, 2.75) is 38.0 Å². The molecular formula is C15H18N2O. The minimum Gasteiger partial charge on any atom is -0.367 e. The topological polar surface area (TPSA) is 52.0 Å². The molecule has 1 aliphatic carbocycles. The molecule has 1 heterocycles. The van der Waals surface area contributed by atoms with E-state index in [2.05, 4.69) is 17.3 Å². The number of hydrogen-bond acceptors (Lipinski definition) is 3. The predicted molar refractivity (Wildman–Crippen MR) is 72.2 cm³/mol. The monoisotopic (exact) mass is 242 g/mol. The normalized spacial score (nSPS) is 16.9. The van der Waals surface area contributed by atoms with Gasteiger partial charge < -0.3 is 10.3 Å². The van der Waals surface area contributed by atoms with Gasteiger partial charge in [0.2, 0.25) is 5.88 Å². The van der Waals surface area contributed by atoms with Crippen molar-refractivity contribution >= 4 is 5.88 Å². The molecule has 3 nitrogen and oxygen atoms in total. The molecule has 0 aliphatic heterocycles. The number of nitrogens with two attached hydrogens (primary N) is 1. The van der Waals surface area contributed by atoms with Crippen LogP contribution in [0.5, 0.6) is 0 Å². The van der Waals surface area contributed by atoms with Gasteiger partial charge in [-0.3, -0.25) is 0 Å². The Morgan fingerprint density at radius 3 is 2.50 bits per heavy atom. The zero-order valence-corrected chi connectivity index (χ0v) is 10.4. The Labute approximate surface area is 107 Å². The van der Waals surface area contributed by atoms with Crippen LogP contribution in [0, 0.1) is 0 Å². The minimum atomic E-state index is 0.446. The number of anilines is 1. The molecule has 0 atom stereocenters. The van der Waals surface area contributed by atoms with Crippen molar-refractivity contribution in [1.82, 2.24) is 5.16 Å². The average molecular weight is 242 g/mol. The second kappa shape index (κ2) is 4.84. The van der Waals surface area contributed by atoms with E-state index in [-0.39, 0.29) is 0 Å². The molecule has 2 N–H and O–H groups in total. The van der Waals surface area contributed by atoms with Crippen molar-refractivity contribution in [2.75, 3.05) is 5.73 Å². The highest BCUT2D eigenvalue weighted by atomic mass is 16.5. The number of nitrogens with zero attached hydrogens (tertiary/aromatic N) is 1. The lowest BCUT2D eigenvalue weighted by Gasteiger charge is -2.20. The molecule has 1 aromatic carbocycles. The molecule has 0 radical (unpaired) electrons. The highest BCUT2D eigenvalue weighted by Crippen LogP contribution is 2.39. The van der Waals surface area contributed by atoms with Crippen LogP contribution in [-0.4, -0.2) is 5.16 Å². The first kappa shape index (κ1) is 11.3. The van der Waals surface area contributed by atoms with Crippen LogP contribution in [0.4, 0.5) is 5.88 Å². The molecule has 1 aliphatic rings. The van der Waals surface area contributed by atoms with E-state index >= 15 is 0 Å². The lowest BCUT2D eigenvalue weighted by atomic mass is 9.84. The number of benzene rings is 1. The summed E-state index contributed by atoms with van der Waals surface area (Å²) in [6, 6.07) is 10.2. The first-order chi connectivity index (χ1) is 8.86. The summed E-state index contributed by atoms with van der Waals surface area (Å²) in [5.74, 6) is 0.955. The molecule has 1 fully saturated rings. The van der Waals surface area contributed by atoms with Gasteiger partial charge >= 0.3 is 0 Å². The van der Waals surface area contributed by atoms with Crippen molar-refractivity contribution in [1.29, 1.82) is 0 Å². The summed E-state index contributed by atoms with van der Waals surface area (Å²) in [6.07, 6.45) is 6.30. The fourth-order valence-electron chi connectivity index (χ4n) is 2.87. The van der Waals surface area contributed by atoms with Crippen molar-refractivity contribution < 1.29 is 4.52 Å². The molecule has 94 valence electrons. The van der Waals surface area contributed by atoms with Gasteiger partial charge in [-0.15, -0.1) is 0 Å². The van der Waals surface area contributed by atoms with Crippen LogP contribution in [0.25, 0.3) is 11.1 Å². The van der Waals surface area contributed by atoms with Crippen molar-refractivity contribution in [3.63, 3.8) is 0 Å². The summed E-state index contributed by atoms with van der Waals surface area (Å²) in [6.45, 7) is 0. The maximum Gasteiger partial charge on any atom is 0.230 e. The minimum absolute atomic E-state index is 0.446. The third-order valence-electron chi connectivity index (χ3n) is 3.80. The molecule has 0 bridgehead atoms. The van der Waals surface area contributed by atoms with E-state index in [0.29, 0.717) is 11.8 Å². The smallest absolute Gasteiger partial charge is 0.230 e.